The normalized spacial score (nSPS) is 16.1. The molecule has 0 atom stereocenters. The molecule has 0 radical (unpaired) electrons. The molecule has 1 fully saturated rings. The molecule has 1 aromatic heterocycles. The third-order valence-corrected chi connectivity index (χ3v) is 6.84. The van der Waals surface area contributed by atoms with Crippen LogP contribution in [-0.4, -0.2) is 86.1 Å². The lowest BCUT2D eigenvalue weighted by Gasteiger charge is -2.38. The zero-order valence-corrected chi connectivity index (χ0v) is 22.5. The van der Waals surface area contributed by atoms with E-state index in [0.717, 1.165) is 49.7 Å². The van der Waals surface area contributed by atoms with E-state index in [1.54, 1.807) is 13.2 Å². The predicted molar refractivity (Wildman–Crippen MR) is 151 cm³/mol. The molecule has 196 valence electrons. The summed E-state index contributed by atoms with van der Waals surface area (Å²) < 4.78 is 5.50. The molecule has 0 saturated carbocycles. The number of likely N-dealkylation sites (N-methyl/N-ethyl adjacent to an activating group) is 1. The average molecular weight is 503 g/mol. The van der Waals surface area contributed by atoms with E-state index in [1.165, 1.54) is 16.8 Å². The number of carbonyl (C=O) groups excluding carboxylic acids is 1. The van der Waals surface area contributed by atoms with Crippen LogP contribution >= 0.6 is 0 Å². The van der Waals surface area contributed by atoms with Crippen molar-refractivity contribution in [1.29, 1.82) is 0 Å². The SMILES string of the molecule is C=Cc1cccc(N2CCc3c(nc(OC)nc3N3CCN(C(=O)/C=C/CN(C)C)CC3)C2)c1/C=C\C. The number of ether oxygens (including phenoxy) is 1. The third-order valence-electron chi connectivity index (χ3n) is 6.84. The summed E-state index contributed by atoms with van der Waals surface area (Å²) in [6, 6.07) is 6.72. The fourth-order valence-corrected chi connectivity index (χ4v) is 4.93. The molecule has 8 heteroatoms. The van der Waals surface area contributed by atoms with E-state index in [4.69, 9.17) is 14.7 Å². The second-order valence-electron chi connectivity index (χ2n) is 9.59. The second kappa shape index (κ2) is 12.1. The second-order valence-corrected chi connectivity index (χ2v) is 9.59. The number of fused-ring (bicyclic) bond motifs is 1. The molecule has 8 nitrogen and oxygen atoms in total. The van der Waals surface area contributed by atoms with Crippen LogP contribution in [0.4, 0.5) is 11.5 Å². The summed E-state index contributed by atoms with van der Waals surface area (Å²) in [5.41, 5.74) is 5.63. The highest BCUT2D eigenvalue weighted by molar-refractivity contribution is 5.87. The van der Waals surface area contributed by atoms with E-state index >= 15 is 0 Å². The molecule has 37 heavy (non-hydrogen) atoms. The third kappa shape index (κ3) is 6.02. The Morgan fingerprint density at radius 1 is 1.14 bits per heavy atom. The molecule has 2 aliphatic rings. The Morgan fingerprint density at radius 3 is 2.59 bits per heavy atom. The van der Waals surface area contributed by atoms with Crippen molar-refractivity contribution in [2.75, 3.05) is 70.3 Å². The quantitative estimate of drug-likeness (QED) is 0.512. The van der Waals surface area contributed by atoms with Gasteiger partial charge in [-0.15, -0.1) is 0 Å². The summed E-state index contributed by atoms with van der Waals surface area (Å²) >= 11 is 0. The number of hydrogen-bond acceptors (Lipinski definition) is 7. The maximum Gasteiger partial charge on any atom is 0.318 e. The molecule has 0 bridgehead atoms. The zero-order valence-electron chi connectivity index (χ0n) is 22.5. The predicted octanol–water partition coefficient (Wildman–Crippen LogP) is 3.49. The Balaban J connectivity index is 1.54. The summed E-state index contributed by atoms with van der Waals surface area (Å²) in [5.74, 6) is 1.00. The lowest BCUT2D eigenvalue weighted by atomic mass is 10.00. The summed E-state index contributed by atoms with van der Waals surface area (Å²) in [4.78, 5) is 30.7. The van der Waals surface area contributed by atoms with Gasteiger partial charge in [0, 0.05) is 62.2 Å². The number of nitrogens with zero attached hydrogens (tertiary/aromatic N) is 6. The number of benzene rings is 1. The van der Waals surface area contributed by atoms with E-state index in [0.29, 0.717) is 25.6 Å². The first kappa shape index (κ1) is 26.4. The van der Waals surface area contributed by atoms with Crippen LogP contribution in [-0.2, 0) is 17.8 Å². The van der Waals surface area contributed by atoms with Crippen LogP contribution in [0, 0.1) is 0 Å². The monoisotopic (exact) mass is 502 g/mol. The average Bonchev–Trinajstić information content (AvgIpc) is 2.92. The van der Waals surface area contributed by atoms with Crippen molar-refractivity contribution in [3.63, 3.8) is 0 Å². The van der Waals surface area contributed by atoms with Crippen molar-refractivity contribution in [3.8, 4) is 6.01 Å². The van der Waals surface area contributed by atoms with Gasteiger partial charge < -0.3 is 24.3 Å². The minimum atomic E-state index is 0.0677. The van der Waals surface area contributed by atoms with Gasteiger partial charge in [-0.1, -0.05) is 43.0 Å². The molecule has 0 N–H and O–H groups in total. The number of carbonyl (C=O) groups is 1. The first-order chi connectivity index (χ1) is 17.9. The van der Waals surface area contributed by atoms with Crippen LogP contribution in [0.25, 0.3) is 12.2 Å². The highest BCUT2D eigenvalue weighted by Crippen LogP contribution is 2.34. The highest BCUT2D eigenvalue weighted by atomic mass is 16.5. The molecule has 3 heterocycles. The number of allylic oxidation sites excluding steroid dienone is 1. The van der Waals surface area contributed by atoms with Gasteiger partial charge in [-0.25, -0.2) is 0 Å². The van der Waals surface area contributed by atoms with Crippen LogP contribution in [0.5, 0.6) is 6.01 Å². The lowest BCUT2D eigenvalue weighted by molar-refractivity contribution is -0.126. The van der Waals surface area contributed by atoms with Crippen LogP contribution in [0.3, 0.4) is 0 Å². The Kier molecular flexibility index (Phi) is 8.61. The molecule has 1 saturated heterocycles. The summed E-state index contributed by atoms with van der Waals surface area (Å²) in [6.07, 6.45) is 10.6. The lowest BCUT2D eigenvalue weighted by Crippen LogP contribution is -2.49. The first-order valence-electron chi connectivity index (χ1n) is 12.9. The van der Waals surface area contributed by atoms with Crippen molar-refractivity contribution >= 4 is 29.6 Å². The van der Waals surface area contributed by atoms with Gasteiger partial charge in [-0.2, -0.15) is 9.97 Å². The Morgan fingerprint density at radius 2 is 1.92 bits per heavy atom. The van der Waals surface area contributed by atoms with Gasteiger partial charge in [0.25, 0.3) is 0 Å². The fraction of sp³-hybridized carbons (Fsp3) is 0.414. The fourth-order valence-electron chi connectivity index (χ4n) is 4.93. The van der Waals surface area contributed by atoms with Crippen LogP contribution < -0.4 is 14.5 Å². The van der Waals surface area contributed by atoms with Crippen LogP contribution in [0.2, 0.25) is 0 Å². The van der Waals surface area contributed by atoms with Gasteiger partial charge in [0.2, 0.25) is 5.91 Å². The molecule has 1 amide bonds. The van der Waals surface area contributed by atoms with E-state index < -0.39 is 0 Å². The molecule has 0 unspecified atom stereocenters. The topological polar surface area (TPSA) is 65.0 Å². The van der Waals surface area contributed by atoms with E-state index in [9.17, 15) is 4.79 Å². The molecule has 4 rings (SSSR count). The van der Waals surface area contributed by atoms with E-state index in [2.05, 4.69) is 46.7 Å². The molecular formula is C29H38N6O2. The zero-order chi connectivity index (χ0) is 26.4. The summed E-state index contributed by atoms with van der Waals surface area (Å²) in [6.45, 7) is 11.1. The largest absolute Gasteiger partial charge is 0.467 e. The minimum Gasteiger partial charge on any atom is -0.467 e. The highest BCUT2D eigenvalue weighted by Gasteiger charge is 2.29. The van der Waals surface area contributed by atoms with Crippen molar-refractivity contribution in [2.45, 2.75) is 19.9 Å². The molecule has 2 aliphatic heterocycles. The number of amides is 1. The van der Waals surface area contributed by atoms with Crippen molar-refractivity contribution < 1.29 is 9.53 Å². The van der Waals surface area contributed by atoms with Crippen molar-refractivity contribution in [3.05, 3.63) is 65.4 Å². The van der Waals surface area contributed by atoms with Gasteiger partial charge in [-0.3, -0.25) is 4.79 Å². The van der Waals surface area contributed by atoms with Gasteiger partial charge in [0.05, 0.1) is 19.3 Å². The van der Waals surface area contributed by atoms with Crippen LogP contribution in [0.15, 0.2) is 43.0 Å². The Bertz CT molecular complexity index is 1180. The number of hydrogen-bond donors (Lipinski definition) is 0. The van der Waals surface area contributed by atoms with Gasteiger partial charge in [0.1, 0.15) is 5.82 Å². The van der Waals surface area contributed by atoms with E-state index in [1.807, 2.05) is 43.0 Å². The van der Waals surface area contributed by atoms with Gasteiger partial charge >= 0.3 is 6.01 Å². The molecule has 0 spiro atoms. The van der Waals surface area contributed by atoms with Crippen molar-refractivity contribution in [2.24, 2.45) is 0 Å². The summed E-state index contributed by atoms with van der Waals surface area (Å²) in [7, 11) is 5.59. The number of methoxy groups -OCH3 is 1. The van der Waals surface area contributed by atoms with Crippen molar-refractivity contribution in [1.82, 2.24) is 19.8 Å². The summed E-state index contributed by atoms with van der Waals surface area (Å²) in [5, 5.41) is 0. The number of aromatic nitrogens is 2. The smallest absolute Gasteiger partial charge is 0.318 e. The molecule has 0 aliphatic carbocycles. The molecule has 1 aromatic carbocycles. The van der Waals surface area contributed by atoms with Gasteiger partial charge in [0.15, 0.2) is 0 Å². The first-order valence-corrected chi connectivity index (χ1v) is 12.9. The molecular weight excluding hydrogens is 464 g/mol. The van der Waals surface area contributed by atoms with Crippen LogP contribution in [0.1, 0.15) is 29.3 Å². The standard InChI is InChI=1S/C29H38N6O2/c1-6-10-23-22(7-2)11-8-12-26(23)35-16-14-24-25(21-35)30-29(37-5)31-28(24)34-19-17-33(18-20-34)27(36)13-9-15-32(3)4/h6-13H,2,14-21H2,1,3-5H3/b10-6-,13-9+. The number of piperazine rings is 1. The number of rotatable bonds is 8. The van der Waals surface area contributed by atoms with E-state index in [-0.39, 0.29) is 5.91 Å². The maximum absolute atomic E-state index is 12.6. The van der Waals surface area contributed by atoms with Gasteiger partial charge in [-0.05, 0) is 39.1 Å². The Hall–Kier alpha value is -3.65. The molecule has 2 aromatic rings. The minimum absolute atomic E-state index is 0.0677. The number of anilines is 2. The maximum atomic E-state index is 12.6. The Labute approximate surface area is 220 Å².